The molecule has 0 aliphatic rings. The Morgan fingerprint density at radius 1 is 1.07 bits per heavy atom. The van der Waals surface area contributed by atoms with E-state index in [0.29, 0.717) is 12.3 Å². The summed E-state index contributed by atoms with van der Waals surface area (Å²) in [6.07, 6.45) is 0. The minimum atomic E-state index is -0.0167. The number of carbonyl (C=O) groups is 2. The highest BCUT2D eigenvalue weighted by atomic mass is 16.4. The molecule has 0 aliphatic heterocycles. The Bertz CT molecular complexity index is 232. The van der Waals surface area contributed by atoms with Crippen LogP contribution in [0.25, 0.3) is 0 Å². The Morgan fingerprint density at radius 2 is 1.50 bits per heavy atom. The largest absolute Gasteiger partial charge is 0.411 e. The van der Waals surface area contributed by atoms with E-state index in [0.717, 1.165) is 0 Å². The molecule has 0 aromatic carbocycles. The molecule has 5 nitrogen and oxygen atoms in total. The maximum Gasteiger partial charge on any atom is 0.143 e. The summed E-state index contributed by atoms with van der Waals surface area (Å²) in [5.74, 6) is -0.0334. The van der Waals surface area contributed by atoms with Gasteiger partial charge in [0.15, 0.2) is 0 Å². The van der Waals surface area contributed by atoms with E-state index >= 15 is 0 Å². The zero-order valence-corrected chi connectivity index (χ0v) is 8.78. The molecule has 0 rings (SSSR count). The van der Waals surface area contributed by atoms with Crippen LogP contribution in [0, 0.1) is 0 Å². The van der Waals surface area contributed by atoms with Crippen LogP contribution in [0.5, 0.6) is 0 Å². The molecule has 0 fully saturated rings. The van der Waals surface area contributed by atoms with Crippen molar-refractivity contribution in [3.63, 3.8) is 0 Å². The lowest BCUT2D eigenvalue weighted by Crippen LogP contribution is -2.36. The average Bonchev–Trinajstić information content (AvgIpc) is 2.01. The van der Waals surface area contributed by atoms with E-state index in [1.807, 2.05) is 0 Å². The highest BCUT2D eigenvalue weighted by Gasteiger charge is 2.11. The Hall–Kier alpha value is -1.23. The Kier molecular flexibility index (Phi) is 5.71. The number of hydrogen-bond acceptors (Lipinski definition) is 5. The number of hydrogen-bond donors (Lipinski definition) is 1. The van der Waals surface area contributed by atoms with Gasteiger partial charge in [0, 0.05) is 6.54 Å². The summed E-state index contributed by atoms with van der Waals surface area (Å²) in [7, 11) is 0. The van der Waals surface area contributed by atoms with Crippen molar-refractivity contribution in [2.24, 2.45) is 5.16 Å². The van der Waals surface area contributed by atoms with Crippen molar-refractivity contribution in [3.05, 3.63) is 0 Å². The number of oxime groups is 1. The third kappa shape index (κ3) is 6.30. The molecule has 0 aromatic heterocycles. The van der Waals surface area contributed by atoms with Crippen LogP contribution in [-0.4, -0.2) is 47.0 Å². The van der Waals surface area contributed by atoms with Crippen molar-refractivity contribution < 1.29 is 14.8 Å². The van der Waals surface area contributed by atoms with Crippen molar-refractivity contribution >= 4 is 17.3 Å². The molecule has 0 aromatic rings. The Morgan fingerprint density at radius 3 is 1.79 bits per heavy atom. The molecule has 0 bridgehead atoms. The van der Waals surface area contributed by atoms with Gasteiger partial charge < -0.3 is 5.21 Å². The summed E-state index contributed by atoms with van der Waals surface area (Å²) in [6.45, 7) is 5.28. The summed E-state index contributed by atoms with van der Waals surface area (Å²) in [4.78, 5) is 23.3. The second kappa shape index (κ2) is 6.26. The second-order valence-electron chi connectivity index (χ2n) is 3.38. The number of carbonyl (C=O) groups excluding carboxylic acids is 2. The number of rotatable bonds is 6. The lowest BCUT2D eigenvalue weighted by molar-refractivity contribution is -0.120. The van der Waals surface area contributed by atoms with Gasteiger partial charge in [-0.15, -0.1) is 0 Å². The Balaban J connectivity index is 4.24. The molecule has 0 radical (unpaired) electrons. The topological polar surface area (TPSA) is 70.0 Å². The molecule has 1 N–H and O–H groups in total. The fourth-order valence-corrected chi connectivity index (χ4v) is 1.15. The van der Waals surface area contributed by atoms with Crippen LogP contribution in [0.15, 0.2) is 5.16 Å². The van der Waals surface area contributed by atoms with Gasteiger partial charge in [-0.2, -0.15) is 0 Å². The molecule has 0 spiro atoms. The second-order valence-corrected chi connectivity index (χ2v) is 3.38. The summed E-state index contributed by atoms with van der Waals surface area (Å²) < 4.78 is 0. The van der Waals surface area contributed by atoms with E-state index in [1.165, 1.54) is 13.8 Å². The average molecular weight is 200 g/mol. The van der Waals surface area contributed by atoms with Gasteiger partial charge in [-0.3, -0.25) is 14.5 Å². The van der Waals surface area contributed by atoms with Crippen LogP contribution < -0.4 is 0 Å². The molecular formula is C9H16N2O3. The molecule has 0 saturated heterocycles. The first-order chi connectivity index (χ1) is 6.45. The van der Waals surface area contributed by atoms with Gasteiger partial charge in [0.2, 0.25) is 0 Å². The van der Waals surface area contributed by atoms with E-state index < -0.39 is 0 Å². The zero-order valence-electron chi connectivity index (χ0n) is 8.78. The maximum atomic E-state index is 10.9. The van der Waals surface area contributed by atoms with Crippen molar-refractivity contribution in [1.82, 2.24) is 4.90 Å². The minimum Gasteiger partial charge on any atom is -0.411 e. The van der Waals surface area contributed by atoms with E-state index in [-0.39, 0.29) is 24.7 Å². The van der Waals surface area contributed by atoms with Crippen molar-refractivity contribution in [2.75, 3.05) is 19.6 Å². The monoisotopic (exact) mass is 200 g/mol. The van der Waals surface area contributed by atoms with Gasteiger partial charge in [-0.05, 0) is 20.8 Å². The Labute approximate surface area is 83.4 Å². The normalized spacial score (nSPS) is 11.9. The van der Waals surface area contributed by atoms with Crippen molar-refractivity contribution in [3.8, 4) is 0 Å². The van der Waals surface area contributed by atoms with Crippen LogP contribution in [0.2, 0.25) is 0 Å². The minimum absolute atomic E-state index is 0.0167. The standard InChI is InChI=1S/C9H16N2O3/c1-7(10-14)4-11(5-8(2)12)6-9(3)13/h14H,4-6H2,1-3H3. The quantitative estimate of drug-likeness (QED) is 0.381. The van der Waals surface area contributed by atoms with Crippen LogP contribution in [0.4, 0.5) is 0 Å². The van der Waals surface area contributed by atoms with Gasteiger partial charge in [-0.1, -0.05) is 5.16 Å². The number of ketones is 2. The fourth-order valence-electron chi connectivity index (χ4n) is 1.15. The molecular weight excluding hydrogens is 184 g/mol. The van der Waals surface area contributed by atoms with Gasteiger partial charge in [0.05, 0.1) is 18.8 Å². The molecule has 80 valence electrons. The van der Waals surface area contributed by atoms with Crippen LogP contribution in [-0.2, 0) is 9.59 Å². The van der Waals surface area contributed by atoms with E-state index in [4.69, 9.17) is 5.21 Å². The van der Waals surface area contributed by atoms with E-state index in [1.54, 1.807) is 11.8 Å². The SMILES string of the molecule is CC(=O)CN(CC(C)=O)CC(C)=NO. The lowest BCUT2D eigenvalue weighted by Gasteiger charge is -2.18. The molecule has 0 atom stereocenters. The molecule has 0 unspecified atom stereocenters. The molecule has 0 saturated carbocycles. The van der Waals surface area contributed by atoms with E-state index in [9.17, 15) is 9.59 Å². The van der Waals surface area contributed by atoms with Crippen LogP contribution >= 0.6 is 0 Å². The first kappa shape index (κ1) is 12.8. The predicted molar refractivity (Wildman–Crippen MR) is 52.7 cm³/mol. The first-order valence-electron chi connectivity index (χ1n) is 4.34. The zero-order chi connectivity index (χ0) is 11.1. The lowest BCUT2D eigenvalue weighted by atomic mass is 10.3. The van der Waals surface area contributed by atoms with Crippen molar-refractivity contribution in [1.29, 1.82) is 0 Å². The summed E-state index contributed by atoms with van der Waals surface area (Å²) in [6, 6.07) is 0. The molecule has 0 heterocycles. The van der Waals surface area contributed by atoms with Gasteiger partial charge in [-0.25, -0.2) is 0 Å². The summed E-state index contributed by atoms with van der Waals surface area (Å²) >= 11 is 0. The molecule has 14 heavy (non-hydrogen) atoms. The van der Waals surface area contributed by atoms with E-state index in [2.05, 4.69) is 5.16 Å². The highest BCUT2D eigenvalue weighted by Crippen LogP contribution is 1.91. The van der Waals surface area contributed by atoms with Gasteiger partial charge >= 0.3 is 0 Å². The molecule has 5 heteroatoms. The van der Waals surface area contributed by atoms with Crippen molar-refractivity contribution in [2.45, 2.75) is 20.8 Å². The third-order valence-corrected chi connectivity index (χ3v) is 1.52. The summed E-state index contributed by atoms with van der Waals surface area (Å²) in [5, 5.41) is 11.4. The summed E-state index contributed by atoms with van der Waals surface area (Å²) in [5.41, 5.74) is 0.479. The molecule has 0 amide bonds. The first-order valence-corrected chi connectivity index (χ1v) is 4.34. The maximum absolute atomic E-state index is 10.9. The van der Waals surface area contributed by atoms with Crippen LogP contribution in [0.3, 0.4) is 0 Å². The number of Topliss-reactive ketones (excluding diaryl/α,β-unsaturated/α-hetero) is 2. The third-order valence-electron chi connectivity index (χ3n) is 1.52. The highest BCUT2D eigenvalue weighted by molar-refractivity contribution is 5.86. The molecule has 0 aliphatic carbocycles. The van der Waals surface area contributed by atoms with Gasteiger partial charge in [0.1, 0.15) is 11.6 Å². The van der Waals surface area contributed by atoms with Crippen LogP contribution in [0.1, 0.15) is 20.8 Å². The predicted octanol–water partition coefficient (Wildman–Crippen LogP) is 0.316. The van der Waals surface area contributed by atoms with Gasteiger partial charge in [0.25, 0.3) is 0 Å². The smallest absolute Gasteiger partial charge is 0.143 e. The fraction of sp³-hybridized carbons (Fsp3) is 0.667. The number of nitrogens with zero attached hydrogens (tertiary/aromatic N) is 2.